The van der Waals surface area contributed by atoms with Gasteiger partial charge in [0.1, 0.15) is 18.3 Å². The van der Waals surface area contributed by atoms with Gasteiger partial charge in [-0.3, -0.25) is 19.7 Å². The summed E-state index contributed by atoms with van der Waals surface area (Å²) in [6.07, 6.45) is 0. The van der Waals surface area contributed by atoms with Crippen molar-refractivity contribution in [1.29, 1.82) is 0 Å². The second-order valence-electron chi connectivity index (χ2n) is 4.52. The molecule has 1 unspecified atom stereocenters. The molecule has 1 aliphatic heterocycles. The summed E-state index contributed by atoms with van der Waals surface area (Å²) < 4.78 is 0. The quantitative estimate of drug-likeness (QED) is 0.707. The van der Waals surface area contributed by atoms with Crippen molar-refractivity contribution in [3.63, 3.8) is 0 Å². The summed E-state index contributed by atoms with van der Waals surface area (Å²) >= 11 is 0. The minimum Gasteiger partial charge on any atom is -0.508 e. The minimum atomic E-state index is -0.696. The van der Waals surface area contributed by atoms with Gasteiger partial charge in [-0.25, -0.2) is 0 Å². The van der Waals surface area contributed by atoms with Gasteiger partial charge >= 0.3 is 0 Å². The number of hydrogen-bond donors (Lipinski definition) is 2. The largest absolute Gasteiger partial charge is 0.508 e. The summed E-state index contributed by atoms with van der Waals surface area (Å²) in [5.74, 6) is -1.31. The standard InChI is InChI=1S/C13H14N2O4/c1-7-5-9(16)3-4-10(7)13(19)15-6-11(17)14-12(18)8(15)2/h3-5,8,16H,6H2,1-2H3,(H,14,17,18). The number of rotatable bonds is 1. The normalized spacial score (nSPS) is 19.3. The van der Waals surface area contributed by atoms with Gasteiger partial charge in [0.15, 0.2) is 0 Å². The second-order valence-corrected chi connectivity index (χ2v) is 4.52. The number of nitrogens with one attached hydrogen (secondary N) is 1. The zero-order valence-corrected chi connectivity index (χ0v) is 10.6. The van der Waals surface area contributed by atoms with Crippen molar-refractivity contribution in [2.75, 3.05) is 6.54 Å². The molecule has 2 rings (SSSR count). The molecule has 1 saturated heterocycles. The first kappa shape index (κ1) is 13.1. The number of hydrogen-bond acceptors (Lipinski definition) is 4. The molecule has 0 spiro atoms. The molecule has 1 aromatic rings. The first-order chi connectivity index (χ1) is 8.90. The third kappa shape index (κ3) is 2.42. The van der Waals surface area contributed by atoms with E-state index in [0.717, 1.165) is 0 Å². The minimum absolute atomic E-state index is 0.0644. The summed E-state index contributed by atoms with van der Waals surface area (Å²) in [6, 6.07) is 3.65. The number of amides is 3. The number of aromatic hydroxyl groups is 1. The number of piperazine rings is 1. The van der Waals surface area contributed by atoms with E-state index in [4.69, 9.17) is 0 Å². The average molecular weight is 262 g/mol. The first-order valence-electron chi connectivity index (χ1n) is 5.84. The Labute approximate surface area is 110 Å². The fourth-order valence-electron chi connectivity index (χ4n) is 2.00. The van der Waals surface area contributed by atoms with Gasteiger partial charge < -0.3 is 10.0 Å². The molecule has 1 aliphatic rings. The van der Waals surface area contributed by atoms with Crippen LogP contribution in [-0.2, 0) is 9.59 Å². The maximum atomic E-state index is 12.3. The number of carbonyl (C=O) groups is 3. The number of benzene rings is 1. The van der Waals surface area contributed by atoms with E-state index >= 15 is 0 Å². The molecule has 1 fully saturated rings. The van der Waals surface area contributed by atoms with Gasteiger partial charge in [-0.2, -0.15) is 0 Å². The summed E-state index contributed by atoms with van der Waals surface area (Å²) in [4.78, 5) is 36.4. The Morgan fingerprint density at radius 1 is 1.42 bits per heavy atom. The number of phenols is 1. The van der Waals surface area contributed by atoms with E-state index < -0.39 is 23.8 Å². The Bertz CT molecular complexity index is 568. The fraction of sp³-hybridized carbons (Fsp3) is 0.308. The third-order valence-corrected chi connectivity index (χ3v) is 3.12. The van der Waals surface area contributed by atoms with Gasteiger partial charge in [0.05, 0.1) is 0 Å². The van der Waals surface area contributed by atoms with Gasteiger partial charge in [-0.05, 0) is 37.6 Å². The lowest BCUT2D eigenvalue weighted by atomic mass is 10.1. The van der Waals surface area contributed by atoms with Crippen LogP contribution in [0.2, 0.25) is 0 Å². The molecule has 100 valence electrons. The lowest BCUT2D eigenvalue weighted by molar-refractivity contribution is -0.138. The van der Waals surface area contributed by atoms with Crippen molar-refractivity contribution in [3.05, 3.63) is 29.3 Å². The molecule has 6 nitrogen and oxygen atoms in total. The lowest BCUT2D eigenvalue weighted by Gasteiger charge is -2.32. The molecule has 1 aromatic carbocycles. The van der Waals surface area contributed by atoms with Gasteiger partial charge in [0, 0.05) is 5.56 Å². The van der Waals surface area contributed by atoms with Crippen molar-refractivity contribution in [1.82, 2.24) is 10.2 Å². The maximum Gasteiger partial charge on any atom is 0.255 e. The van der Waals surface area contributed by atoms with Gasteiger partial charge in [0.25, 0.3) is 5.91 Å². The highest BCUT2D eigenvalue weighted by Crippen LogP contribution is 2.19. The van der Waals surface area contributed by atoms with E-state index in [9.17, 15) is 19.5 Å². The van der Waals surface area contributed by atoms with Crippen molar-refractivity contribution < 1.29 is 19.5 Å². The van der Waals surface area contributed by atoms with Gasteiger partial charge in [-0.1, -0.05) is 0 Å². The predicted molar refractivity (Wildman–Crippen MR) is 66.5 cm³/mol. The smallest absolute Gasteiger partial charge is 0.255 e. The molecular formula is C13H14N2O4. The molecule has 0 saturated carbocycles. The number of nitrogens with zero attached hydrogens (tertiary/aromatic N) is 1. The van der Waals surface area contributed by atoms with Crippen LogP contribution in [0.1, 0.15) is 22.8 Å². The third-order valence-electron chi connectivity index (χ3n) is 3.12. The maximum absolute atomic E-state index is 12.3. The van der Waals surface area contributed by atoms with E-state index in [1.807, 2.05) is 0 Å². The van der Waals surface area contributed by atoms with Crippen LogP contribution < -0.4 is 5.32 Å². The molecule has 3 amide bonds. The molecule has 0 radical (unpaired) electrons. The second kappa shape index (κ2) is 4.72. The van der Waals surface area contributed by atoms with Crippen molar-refractivity contribution >= 4 is 17.7 Å². The highest BCUT2D eigenvalue weighted by atomic mass is 16.3. The number of aryl methyl sites for hydroxylation is 1. The Morgan fingerprint density at radius 3 is 2.74 bits per heavy atom. The Kier molecular flexibility index (Phi) is 3.25. The average Bonchev–Trinajstić information content (AvgIpc) is 2.33. The van der Waals surface area contributed by atoms with Crippen LogP contribution in [0.25, 0.3) is 0 Å². The molecule has 0 aromatic heterocycles. The summed E-state index contributed by atoms with van der Waals surface area (Å²) in [5.41, 5.74) is 0.961. The van der Waals surface area contributed by atoms with Crippen LogP contribution in [0.5, 0.6) is 5.75 Å². The van der Waals surface area contributed by atoms with E-state index in [2.05, 4.69) is 5.32 Å². The number of imide groups is 1. The first-order valence-corrected chi connectivity index (χ1v) is 5.84. The summed E-state index contributed by atoms with van der Waals surface area (Å²) in [5, 5.41) is 11.5. The molecule has 19 heavy (non-hydrogen) atoms. The monoisotopic (exact) mass is 262 g/mol. The summed E-state index contributed by atoms with van der Waals surface area (Å²) in [7, 11) is 0. The molecular weight excluding hydrogens is 248 g/mol. The number of carbonyl (C=O) groups excluding carboxylic acids is 3. The topological polar surface area (TPSA) is 86.7 Å². The van der Waals surface area contributed by atoms with Crippen LogP contribution in [0, 0.1) is 6.92 Å². The predicted octanol–water partition coefficient (Wildman–Crippen LogP) is 0.188. The Morgan fingerprint density at radius 2 is 2.11 bits per heavy atom. The SMILES string of the molecule is Cc1cc(O)ccc1C(=O)N1CC(=O)NC(=O)C1C. The Balaban J connectivity index is 2.32. The molecule has 0 bridgehead atoms. The van der Waals surface area contributed by atoms with Crippen LogP contribution >= 0.6 is 0 Å². The Hall–Kier alpha value is -2.37. The van der Waals surface area contributed by atoms with Crippen molar-refractivity contribution in [3.8, 4) is 5.75 Å². The van der Waals surface area contributed by atoms with Crippen LogP contribution in [0.15, 0.2) is 18.2 Å². The highest BCUT2D eigenvalue weighted by molar-refractivity contribution is 6.07. The van der Waals surface area contributed by atoms with Gasteiger partial charge in [-0.15, -0.1) is 0 Å². The van der Waals surface area contributed by atoms with Crippen LogP contribution in [0.4, 0.5) is 0 Å². The molecule has 1 heterocycles. The van der Waals surface area contributed by atoms with Crippen LogP contribution in [-0.4, -0.2) is 40.3 Å². The zero-order valence-electron chi connectivity index (χ0n) is 10.6. The van der Waals surface area contributed by atoms with Crippen molar-refractivity contribution in [2.45, 2.75) is 19.9 Å². The van der Waals surface area contributed by atoms with Crippen molar-refractivity contribution in [2.24, 2.45) is 0 Å². The fourth-order valence-corrected chi connectivity index (χ4v) is 2.00. The van der Waals surface area contributed by atoms with E-state index in [1.54, 1.807) is 13.8 Å². The zero-order chi connectivity index (χ0) is 14.2. The van der Waals surface area contributed by atoms with E-state index in [0.29, 0.717) is 11.1 Å². The van der Waals surface area contributed by atoms with Crippen LogP contribution in [0.3, 0.4) is 0 Å². The molecule has 2 N–H and O–H groups in total. The number of phenolic OH excluding ortho intramolecular Hbond substituents is 1. The molecule has 6 heteroatoms. The summed E-state index contributed by atoms with van der Waals surface area (Å²) in [6.45, 7) is 3.10. The van der Waals surface area contributed by atoms with E-state index in [1.165, 1.54) is 23.1 Å². The lowest BCUT2D eigenvalue weighted by Crippen LogP contribution is -2.58. The molecule has 0 aliphatic carbocycles. The van der Waals surface area contributed by atoms with E-state index in [-0.39, 0.29) is 12.3 Å². The highest BCUT2D eigenvalue weighted by Gasteiger charge is 2.34. The molecule has 1 atom stereocenters. The van der Waals surface area contributed by atoms with Gasteiger partial charge in [0.2, 0.25) is 11.8 Å².